The molecule has 1 saturated heterocycles. The Balaban J connectivity index is 0.00000280. The summed E-state index contributed by atoms with van der Waals surface area (Å²) in [6, 6.07) is 6.80. The third-order valence-electron chi connectivity index (χ3n) is 4.38. The van der Waals surface area contributed by atoms with Gasteiger partial charge in [0.1, 0.15) is 0 Å². The number of halogens is 1. The summed E-state index contributed by atoms with van der Waals surface area (Å²) in [5.74, 6) is 0.137. The first-order valence-electron chi connectivity index (χ1n) is 8.47. The van der Waals surface area contributed by atoms with Crippen LogP contribution in [0.1, 0.15) is 23.7 Å². The number of nitrogens with zero attached hydrogens (tertiary/aromatic N) is 3. The molecule has 148 valence electrons. The Labute approximate surface area is 175 Å². The zero-order chi connectivity index (χ0) is 19.4. The zero-order valence-corrected chi connectivity index (χ0v) is 17.2. The van der Waals surface area contributed by atoms with Gasteiger partial charge in [-0.15, -0.1) is 0 Å². The SMILES string of the molecule is C=CC(=O)Nc1ccc(C(=O)N2CC[C@](C)(Nc3ncc(Cl)cn3)C2)cc1.S. The first-order chi connectivity index (χ1) is 12.9. The average molecular weight is 420 g/mol. The zero-order valence-electron chi connectivity index (χ0n) is 15.4. The number of benzene rings is 1. The van der Waals surface area contributed by atoms with Gasteiger partial charge in [-0.3, -0.25) is 9.59 Å². The number of carbonyl (C=O) groups excluding carboxylic acids is 2. The van der Waals surface area contributed by atoms with Crippen LogP contribution in [0.2, 0.25) is 5.02 Å². The fraction of sp³-hybridized carbons (Fsp3) is 0.263. The molecule has 1 aromatic heterocycles. The molecule has 1 aromatic carbocycles. The van der Waals surface area contributed by atoms with Crippen LogP contribution in [-0.2, 0) is 4.79 Å². The minimum Gasteiger partial charge on any atom is -0.347 e. The van der Waals surface area contributed by atoms with Gasteiger partial charge in [-0.1, -0.05) is 18.2 Å². The van der Waals surface area contributed by atoms with E-state index in [2.05, 4.69) is 27.2 Å². The Morgan fingerprint density at radius 3 is 2.50 bits per heavy atom. The fourth-order valence-electron chi connectivity index (χ4n) is 2.96. The Morgan fingerprint density at radius 2 is 1.89 bits per heavy atom. The van der Waals surface area contributed by atoms with Crippen molar-refractivity contribution < 1.29 is 9.59 Å². The van der Waals surface area contributed by atoms with Crippen molar-refractivity contribution in [2.75, 3.05) is 23.7 Å². The predicted octanol–water partition coefficient (Wildman–Crippen LogP) is 3.08. The molecule has 0 saturated carbocycles. The highest BCUT2D eigenvalue weighted by molar-refractivity contribution is 7.59. The van der Waals surface area contributed by atoms with E-state index < -0.39 is 0 Å². The number of nitrogens with one attached hydrogen (secondary N) is 2. The molecule has 1 aliphatic heterocycles. The van der Waals surface area contributed by atoms with Crippen molar-refractivity contribution in [3.63, 3.8) is 0 Å². The maximum absolute atomic E-state index is 12.8. The van der Waals surface area contributed by atoms with Crippen LogP contribution in [-0.4, -0.2) is 45.3 Å². The number of amides is 2. The molecule has 1 aliphatic rings. The van der Waals surface area contributed by atoms with Crippen LogP contribution in [0, 0.1) is 0 Å². The van der Waals surface area contributed by atoms with E-state index in [9.17, 15) is 9.59 Å². The van der Waals surface area contributed by atoms with Gasteiger partial charge in [-0.05, 0) is 43.7 Å². The lowest BCUT2D eigenvalue weighted by Crippen LogP contribution is -2.40. The normalized spacial score (nSPS) is 18.1. The number of carbonyl (C=O) groups is 2. The molecule has 1 atom stereocenters. The molecule has 2 amide bonds. The molecule has 7 nitrogen and oxygen atoms in total. The minimum absolute atomic E-state index is 0. The van der Waals surface area contributed by atoms with Gasteiger partial charge in [0.15, 0.2) is 0 Å². The largest absolute Gasteiger partial charge is 0.347 e. The van der Waals surface area contributed by atoms with E-state index in [1.807, 2.05) is 6.92 Å². The first-order valence-corrected chi connectivity index (χ1v) is 8.85. The maximum atomic E-state index is 12.8. The summed E-state index contributed by atoms with van der Waals surface area (Å²) in [6.45, 7) is 6.61. The first kappa shape index (κ1) is 21.7. The molecule has 3 rings (SSSR count). The molecule has 0 spiro atoms. The van der Waals surface area contributed by atoms with Crippen molar-refractivity contribution in [3.8, 4) is 0 Å². The van der Waals surface area contributed by atoms with Gasteiger partial charge in [0.05, 0.1) is 23.0 Å². The summed E-state index contributed by atoms with van der Waals surface area (Å²) in [5.41, 5.74) is 0.865. The second kappa shape index (κ2) is 9.07. The van der Waals surface area contributed by atoms with Gasteiger partial charge in [-0.25, -0.2) is 9.97 Å². The number of anilines is 2. The summed E-state index contributed by atoms with van der Waals surface area (Å²) >= 11 is 5.81. The van der Waals surface area contributed by atoms with Gasteiger partial charge < -0.3 is 15.5 Å². The molecule has 0 bridgehead atoms. The van der Waals surface area contributed by atoms with E-state index in [4.69, 9.17) is 11.6 Å². The van der Waals surface area contributed by atoms with Crippen molar-refractivity contribution in [1.29, 1.82) is 0 Å². The lowest BCUT2D eigenvalue weighted by Gasteiger charge is -2.26. The van der Waals surface area contributed by atoms with Crippen LogP contribution in [0.4, 0.5) is 11.6 Å². The quantitative estimate of drug-likeness (QED) is 0.727. The molecular formula is C19H22ClN5O2S. The molecule has 2 aromatic rings. The molecule has 2 heterocycles. The summed E-state index contributed by atoms with van der Waals surface area (Å²) in [4.78, 5) is 34.2. The molecule has 0 unspecified atom stereocenters. The molecule has 2 N–H and O–H groups in total. The van der Waals surface area contributed by atoms with Crippen LogP contribution in [0.5, 0.6) is 0 Å². The van der Waals surface area contributed by atoms with Crippen LogP contribution >= 0.6 is 25.1 Å². The standard InChI is InChI=1S/C19H20ClN5O2.H2S/c1-3-16(26)23-15-6-4-13(5-7-15)17(27)25-9-8-19(2,12-25)24-18-21-10-14(20)11-22-18;/h3-7,10-11H,1,8-9,12H2,2H3,(H,23,26)(H,21,22,24);1H2/t19-;/m0./s1. The second-order valence-electron chi connectivity index (χ2n) is 6.66. The molecule has 0 radical (unpaired) electrons. The van der Waals surface area contributed by atoms with Gasteiger partial charge in [0.2, 0.25) is 11.9 Å². The lowest BCUT2D eigenvalue weighted by atomic mass is 10.0. The summed E-state index contributed by atoms with van der Waals surface area (Å²) in [7, 11) is 0. The highest BCUT2D eigenvalue weighted by atomic mass is 35.5. The van der Waals surface area contributed by atoms with E-state index in [0.717, 1.165) is 6.42 Å². The summed E-state index contributed by atoms with van der Waals surface area (Å²) < 4.78 is 0. The number of hydrogen-bond acceptors (Lipinski definition) is 5. The average Bonchev–Trinajstić information content (AvgIpc) is 3.05. The van der Waals surface area contributed by atoms with Gasteiger partial charge in [0, 0.05) is 24.3 Å². The molecule has 28 heavy (non-hydrogen) atoms. The smallest absolute Gasteiger partial charge is 0.253 e. The molecule has 0 aliphatic carbocycles. The fourth-order valence-corrected chi connectivity index (χ4v) is 3.05. The summed E-state index contributed by atoms with van der Waals surface area (Å²) in [6.07, 6.45) is 5.04. The Morgan fingerprint density at radius 1 is 1.25 bits per heavy atom. The van der Waals surface area contributed by atoms with E-state index in [0.29, 0.717) is 35.3 Å². The number of rotatable bonds is 5. The molecule has 9 heteroatoms. The van der Waals surface area contributed by atoms with E-state index in [1.165, 1.54) is 18.5 Å². The third kappa shape index (κ3) is 5.24. The van der Waals surface area contributed by atoms with Crippen LogP contribution in [0.3, 0.4) is 0 Å². The van der Waals surface area contributed by atoms with Gasteiger partial charge in [0.25, 0.3) is 5.91 Å². The second-order valence-corrected chi connectivity index (χ2v) is 7.09. The van der Waals surface area contributed by atoms with E-state index in [-0.39, 0.29) is 30.8 Å². The monoisotopic (exact) mass is 419 g/mol. The minimum atomic E-state index is -0.318. The van der Waals surface area contributed by atoms with Crippen molar-refractivity contribution in [2.24, 2.45) is 0 Å². The molecular weight excluding hydrogens is 398 g/mol. The van der Waals surface area contributed by atoms with Gasteiger partial charge >= 0.3 is 0 Å². The number of aromatic nitrogens is 2. The lowest BCUT2D eigenvalue weighted by molar-refractivity contribution is -0.111. The Bertz CT molecular complexity index is 860. The summed E-state index contributed by atoms with van der Waals surface area (Å²) in [5, 5.41) is 6.42. The van der Waals surface area contributed by atoms with E-state index in [1.54, 1.807) is 29.2 Å². The molecule has 1 fully saturated rings. The Kier molecular flexibility index (Phi) is 7.04. The van der Waals surface area contributed by atoms with Crippen molar-refractivity contribution >= 4 is 48.5 Å². The predicted molar refractivity (Wildman–Crippen MR) is 115 cm³/mol. The van der Waals surface area contributed by atoms with Crippen molar-refractivity contribution in [1.82, 2.24) is 14.9 Å². The number of likely N-dealkylation sites (tertiary alicyclic amines) is 1. The van der Waals surface area contributed by atoms with Crippen LogP contribution in [0.15, 0.2) is 49.3 Å². The Hall–Kier alpha value is -2.58. The highest BCUT2D eigenvalue weighted by Crippen LogP contribution is 2.26. The van der Waals surface area contributed by atoms with Crippen LogP contribution < -0.4 is 10.6 Å². The number of hydrogen-bond donors (Lipinski definition) is 2. The third-order valence-corrected chi connectivity index (χ3v) is 4.57. The van der Waals surface area contributed by atoms with Crippen molar-refractivity contribution in [3.05, 3.63) is 59.9 Å². The maximum Gasteiger partial charge on any atom is 0.253 e. The van der Waals surface area contributed by atoms with Gasteiger partial charge in [-0.2, -0.15) is 13.5 Å². The van der Waals surface area contributed by atoms with Crippen molar-refractivity contribution in [2.45, 2.75) is 18.9 Å². The van der Waals surface area contributed by atoms with E-state index >= 15 is 0 Å². The van der Waals surface area contributed by atoms with Crippen LogP contribution in [0.25, 0.3) is 0 Å². The topological polar surface area (TPSA) is 87.2 Å². The highest BCUT2D eigenvalue weighted by Gasteiger charge is 2.36.